The molecular weight excluding hydrogens is 332 g/mol. The third-order valence-electron chi connectivity index (χ3n) is 3.46. The number of fused-ring (bicyclic) bond motifs is 2. The van der Waals surface area contributed by atoms with Crippen molar-refractivity contribution in [1.29, 1.82) is 0 Å². The molecule has 3 aromatic rings. The molecule has 23 heavy (non-hydrogen) atoms. The van der Waals surface area contributed by atoms with Gasteiger partial charge < -0.3 is 9.47 Å². The first kappa shape index (κ1) is 14.3. The molecule has 1 aromatic heterocycles. The third-order valence-corrected chi connectivity index (χ3v) is 5.13. The van der Waals surface area contributed by atoms with Crippen molar-refractivity contribution in [3.05, 3.63) is 42.0 Å². The molecule has 0 saturated heterocycles. The predicted octanol–water partition coefficient (Wildman–Crippen LogP) is 4.00. The van der Waals surface area contributed by atoms with Crippen molar-refractivity contribution in [2.24, 2.45) is 0 Å². The number of amides is 1. The zero-order valence-electron chi connectivity index (χ0n) is 12.2. The summed E-state index contributed by atoms with van der Waals surface area (Å²) >= 11 is 3.05. The van der Waals surface area contributed by atoms with E-state index in [1.165, 1.54) is 11.3 Å². The van der Waals surface area contributed by atoms with Crippen LogP contribution in [0.15, 0.2) is 41.3 Å². The predicted molar refractivity (Wildman–Crippen MR) is 91.9 cm³/mol. The van der Waals surface area contributed by atoms with Crippen LogP contribution in [0.2, 0.25) is 0 Å². The SMILES string of the molecule is CSc1ccc(C(=O)Nc2nc3cc4c(cc3s2)OCO4)cc1. The fourth-order valence-corrected chi connectivity index (χ4v) is 3.56. The number of nitrogens with zero attached hydrogens (tertiary/aromatic N) is 1. The van der Waals surface area contributed by atoms with E-state index in [0.717, 1.165) is 15.1 Å². The molecule has 7 heteroatoms. The Kier molecular flexibility index (Phi) is 3.59. The second-order valence-electron chi connectivity index (χ2n) is 4.87. The summed E-state index contributed by atoms with van der Waals surface area (Å²) in [6.07, 6.45) is 2.00. The van der Waals surface area contributed by atoms with Crippen LogP contribution >= 0.6 is 23.1 Å². The van der Waals surface area contributed by atoms with E-state index in [1.54, 1.807) is 11.8 Å². The Morgan fingerprint density at radius 2 is 1.96 bits per heavy atom. The molecule has 0 atom stereocenters. The minimum Gasteiger partial charge on any atom is -0.454 e. The number of thiazole rings is 1. The van der Waals surface area contributed by atoms with Crippen molar-refractivity contribution in [2.75, 3.05) is 18.4 Å². The molecule has 2 heterocycles. The summed E-state index contributed by atoms with van der Waals surface area (Å²) in [5.41, 5.74) is 1.39. The van der Waals surface area contributed by atoms with Crippen LogP contribution in [-0.4, -0.2) is 23.9 Å². The highest BCUT2D eigenvalue weighted by Gasteiger charge is 2.17. The summed E-state index contributed by atoms with van der Waals surface area (Å²) in [4.78, 5) is 17.8. The van der Waals surface area contributed by atoms with Crippen LogP contribution in [-0.2, 0) is 0 Å². The fraction of sp³-hybridized carbons (Fsp3) is 0.125. The van der Waals surface area contributed by atoms with Crippen LogP contribution < -0.4 is 14.8 Å². The Hall–Kier alpha value is -2.25. The molecule has 0 spiro atoms. The monoisotopic (exact) mass is 344 g/mol. The van der Waals surface area contributed by atoms with Gasteiger partial charge in [-0.1, -0.05) is 11.3 Å². The van der Waals surface area contributed by atoms with Crippen LogP contribution in [0.5, 0.6) is 11.5 Å². The summed E-state index contributed by atoms with van der Waals surface area (Å²) in [6.45, 7) is 0.238. The Balaban J connectivity index is 1.58. The lowest BCUT2D eigenvalue weighted by Gasteiger charge is -2.02. The van der Waals surface area contributed by atoms with Gasteiger partial charge in [-0.25, -0.2) is 4.98 Å². The molecule has 0 radical (unpaired) electrons. The highest BCUT2D eigenvalue weighted by atomic mass is 32.2. The van der Waals surface area contributed by atoms with Gasteiger partial charge in [0, 0.05) is 22.6 Å². The van der Waals surface area contributed by atoms with Crippen LogP contribution in [0, 0.1) is 0 Å². The van der Waals surface area contributed by atoms with E-state index in [2.05, 4.69) is 10.3 Å². The molecule has 1 aliphatic heterocycles. The van der Waals surface area contributed by atoms with Crippen molar-refractivity contribution in [3.63, 3.8) is 0 Å². The zero-order valence-corrected chi connectivity index (χ0v) is 13.8. The van der Waals surface area contributed by atoms with E-state index in [0.29, 0.717) is 22.2 Å². The van der Waals surface area contributed by atoms with Crippen molar-refractivity contribution >= 4 is 44.4 Å². The molecule has 0 unspecified atom stereocenters. The van der Waals surface area contributed by atoms with Gasteiger partial charge in [0.15, 0.2) is 16.6 Å². The lowest BCUT2D eigenvalue weighted by Crippen LogP contribution is -2.11. The standard InChI is InChI=1S/C16H12N2O3S2/c1-22-10-4-2-9(3-5-10)15(19)18-16-17-11-6-12-13(21-8-20-12)7-14(11)23-16/h2-7H,8H2,1H3,(H,17,18,19). The molecule has 0 aliphatic carbocycles. The number of thioether (sulfide) groups is 1. The highest BCUT2D eigenvalue weighted by molar-refractivity contribution is 7.98. The van der Waals surface area contributed by atoms with E-state index >= 15 is 0 Å². The number of nitrogens with one attached hydrogen (secondary N) is 1. The van der Waals surface area contributed by atoms with Crippen molar-refractivity contribution in [2.45, 2.75) is 4.90 Å². The number of anilines is 1. The molecule has 116 valence electrons. The number of benzene rings is 2. The molecule has 1 aliphatic rings. The number of carbonyl (C=O) groups excluding carboxylic acids is 1. The van der Waals surface area contributed by atoms with Crippen LogP contribution in [0.1, 0.15) is 10.4 Å². The average molecular weight is 344 g/mol. The molecule has 0 fully saturated rings. The minimum atomic E-state index is -0.170. The van der Waals surface area contributed by atoms with Crippen molar-refractivity contribution in [3.8, 4) is 11.5 Å². The zero-order chi connectivity index (χ0) is 15.8. The largest absolute Gasteiger partial charge is 0.454 e. The van der Waals surface area contributed by atoms with Crippen LogP contribution in [0.4, 0.5) is 5.13 Å². The van der Waals surface area contributed by atoms with Gasteiger partial charge >= 0.3 is 0 Å². The quantitative estimate of drug-likeness (QED) is 0.728. The lowest BCUT2D eigenvalue weighted by molar-refractivity contribution is 0.102. The normalized spacial score (nSPS) is 12.6. The number of carbonyl (C=O) groups is 1. The molecule has 0 saturated carbocycles. The third kappa shape index (κ3) is 2.73. The second-order valence-corrected chi connectivity index (χ2v) is 6.79. The number of aromatic nitrogens is 1. The van der Waals surface area contributed by atoms with Crippen molar-refractivity contribution in [1.82, 2.24) is 4.98 Å². The van der Waals surface area contributed by atoms with Gasteiger partial charge in [0.05, 0.1) is 10.2 Å². The number of hydrogen-bond acceptors (Lipinski definition) is 6. The summed E-state index contributed by atoms with van der Waals surface area (Å²) in [6, 6.07) is 11.2. The van der Waals surface area contributed by atoms with Gasteiger partial charge in [-0.05, 0) is 30.5 Å². The maximum atomic E-state index is 12.3. The van der Waals surface area contributed by atoms with Gasteiger partial charge in [0.2, 0.25) is 6.79 Å². The lowest BCUT2D eigenvalue weighted by atomic mass is 10.2. The molecule has 5 nitrogen and oxygen atoms in total. The smallest absolute Gasteiger partial charge is 0.257 e. The Morgan fingerprint density at radius 3 is 2.70 bits per heavy atom. The number of ether oxygens (including phenoxy) is 2. The van der Waals surface area contributed by atoms with Gasteiger partial charge in [0.25, 0.3) is 5.91 Å². The number of rotatable bonds is 3. The van der Waals surface area contributed by atoms with Gasteiger partial charge in [-0.3, -0.25) is 10.1 Å². The molecule has 4 rings (SSSR count). The van der Waals surface area contributed by atoms with E-state index in [-0.39, 0.29) is 12.7 Å². The average Bonchev–Trinajstić information content (AvgIpc) is 3.17. The Labute approximate surface area is 140 Å². The summed E-state index contributed by atoms with van der Waals surface area (Å²) in [7, 11) is 0. The number of hydrogen-bond donors (Lipinski definition) is 1. The summed E-state index contributed by atoms with van der Waals surface area (Å²) in [5.74, 6) is 1.23. The van der Waals surface area contributed by atoms with E-state index < -0.39 is 0 Å². The summed E-state index contributed by atoms with van der Waals surface area (Å²) < 4.78 is 11.6. The van der Waals surface area contributed by atoms with Crippen molar-refractivity contribution < 1.29 is 14.3 Å². The van der Waals surface area contributed by atoms with Crippen LogP contribution in [0.3, 0.4) is 0 Å². The first-order valence-corrected chi connectivity index (χ1v) is 8.92. The second kappa shape index (κ2) is 5.75. The summed E-state index contributed by atoms with van der Waals surface area (Å²) in [5, 5.41) is 3.40. The minimum absolute atomic E-state index is 0.170. The topological polar surface area (TPSA) is 60.5 Å². The fourth-order valence-electron chi connectivity index (χ4n) is 2.28. The molecule has 2 aromatic carbocycles. The maximum absolute atomic E-state index is 12.3. The molecule has 1 amide bonds. The molecular formula is C16H12N2O3S2. The van der Waals surface area contributed by atoms with Crippen LogP contribution in [0.25, 0.3) is 10.2 Å². The Morgan fingerprint density at radius 1 is 1.22 bits per heavy atom. The van der Waals surface area contributed by atoms with E-state index in [4.69, 9.17) is 9.47 Å². The maximum Gasteiger partial charge on any atom is 0.257 e. The van der Waals surface area contributed by atoms with Gasteiger partial charge in [0.1, 0.15) is 0 Å². The first-order chi connectivity index (χ1) is 11.2. The highest BCUT2D eigenvalue weighted by Crippen LogP contribution is 2.39. The van der Waals surface area contributed by atoms with Gasteiger partial charge in [-0.2, -0.15) is 0 Å². The van der Waals surface area contributed by atoms with Gasteiger partial charge in [-0.15, -0.1) is 11.8 Å². The van der Waals surface area contributed by atoms with E-state index in [9.17, 15) is 4.79 Å². The molecule has 1 N–H and O–H groups in total. The Bertz CT molecular complexity index is 849. The van der Waals surface area contributed by atoms with E-state index in [1.807, 2.05) is 42.7 Å². The first-order valence-electron chi connectivity index (χ1n) is 6.88. The molecule has 0 bridgehead atoms.